The highest BCUT2D eigenvalue weighted by molar-refractivity contribution is 5.82. The van der Waals surface area contributed by atoms with Crippen LogP contribution in [0, 0.1) is 11.3 Å². The van der Waals surface area contributed by atoms with Gasteiger partial charge in [-0.2, -0.15) is 0 Å². The molecule has 0 aliphatic heterocycles. The van der Waals surface area contributed by atoms with Gasteiger partial charge in [0.05, 0.1) is 6.04 Å². The zero-order chi connectivity index (χ0) is 12.0. The third kappa shape index (κ3) is 6.47. The smallest absolute Gasteiger partial charge is 0.108 e. The summed E-state index contributed by atoms with van der Waals surface area (Å²) in [5, 5.41) is 7.48. The second-order valence-electron chi connectivity index (χ2n) is 4.82. The highest BCUT2D eigenvalue weighted by Gasteiger charge is 2.17. The lowest BCUT2D eigenvalue weighted by atomic mass is 10.1. The van der Waals surface area contributed by atoms with E-state index < -0.39 is 0 Å². The summed E-state index contributed by atoms with van der Waals surface area (Å²) < 4.78 is 0. The van der Waals surface area contributed by atoms with Gasteiger partial charge in [0.25, 0.3) is 0 Å². The molecule has 0 aromatic rings. The van der Waals surface area contributed by atoms with Gasteiger partial charge in [-0.3, -0.25) is 10.3 Å². The van der Waals surface area contributed by atoms with E-state index in [9.17, 15) is 0 Å². The van der Waals surface area contributed by atoms with E-state index in [0.717, 1.165) is 19.6 Å². The number of hydrogen-bond donors (Lipinski definition) is 2. The Bertz CT molecular complexity index is 189. The first kappa shape index (κ1) is 14.4. The third-order valence-electron chi connectivity index (χ3n) is 2.43. The fraction of sp³-hybridized carbons (Fsp3) is 0.909. The predicted molar refractivity (Wildman–Crippen MR) is 66.3 cm³/mol. The second-order valence-corrected chi connectivity index (χ2v) is 4.82. The van der Waals surface area contributed by atoms with Gasteiger partial charge in [-0.1, -0.05) is 13.8 Å². The van der Waals surface area contributed by atoms with E-state index in [0.29, 0.717) is 5.92 Å². The maximum Gasteiger partial charge on any atom is 0.108 e. The van der Waals surface area contributed by atoms with E-state index in [4.69, 9.17) is 11.1 Å². The molecular weight excluding hydrogens is 188 g/mol. The van der Waals surface area contributed by atoms with Crippen LogP contribution in [0.4, 0.5) is 0 Å². The molecule has 0 saturated heterocycles. The molecule has 0 rings (SSSR count). The van der Waals surface area contributed by atoms with Crippen molar-refractivity contribution in [1.82, 2.24) is 9.80 Å². The van der Waals surface area contributed by atoms with Crippen molar-refractivity contribution in [2.75, 3.05) is 33.7 Å². The zero-order valence-corrected chi connectivity index (χ0v) is 10.7. The maximum atomic E-state index is 7.48. The summed E-state index contributed by atoms with van der Waals surface area (Å²) in [6.45, 7) is 9.34. The van der Waals surface area contributed by atoms with Gasteiger partial charge in [-0.25, -0.2) is 0 Å². The molecule has 0 heterocycles. The molecule has 0 aromatic heterocycles. The number of nitrogens with two attached hydrogens (primary N) is 1. The molecule has 1 unspecified atom stereocenters. The van der Waals surface area contributed by atoms with Crippen molar-refractivity contribution in [3.05, 3.63) is 0 Å². The van der Waals surface area contributed by atoms with Crippen LogP contribution in [0.1, 0.15) is 20.8 Å². The lowest BCUT2D eigenvalue weighted by Gasteiger charge is -2.30. The molecule has 0 radical (unpaired) electrons. The highest BCUT2D eigenvalue weighted by atomic mass is 15.2. The van der Waals surface area contributed by atoms with Gasteiger partial charge in [-0.05, 0) is 26.9 Å². The quantitative estimate of drug-likeness (QED) is 0.487. The van der Waals surface area contributed by atoms with Gasteiger partial charge < -0.3 is 10.6 Å². The Hall–Kier alpha value is -0.610. The van der Waals surface area contributed by atoms with Crippen molar-refractivity contribution in [3.8, 4) is 0 Å². The van der Waals surface area contributed by atoms with Crippen LogP contribution in [-0.2, 0) is 0 Å². The molecule has 4 heteroatoms. The van der Waals surface area contributed by atoms with Gasteiger partial charge in [0, 0.05) is 19.6 Å². The van der Waals surface area contributed by atoms with E-state index in [-0.39, 0.29) is 11.9 Å². The normalized spacial score (nSPS) is 13.9. The number of nitrogens with one attached hydrogen (secondary N) is 1. The predicted octanol–water partition coefficient (Wildman–Crippen LogP) is 0.830. The minimum absolute atomic E-state index is 0.0485. The van der Waals surface area contributed by atoms with E-state index in [1.807, 2.05) is 6.92 Å². The Morgan fingerprint density at radius 2 is 1.73 bits per heavy atom. The summed E-state index contributed by atoms with van der Waals surface area (Å²) in [4.78, 5) is 4.42. The van der Waals surface area contributed by atoms with Crippen LogP contribution in [-0.4, -0.2) is 55.4 Å². The number of rotatable bonds is 7. The van der Waals surface area contributed by atoms with Crippen LogP contribution >= 0.6 is 0 Å². The summed E-state index contributed by atoms with van der Waals surface area (Å²) in [7, 11) is 4.12. The van der Waals surface area contributed by atoms with Gasteiger partial charge in [0.15, 0.2) is 0 Å². The largest absolute Gasteiger partial charge is 0.386 e. The molecule has 0 aliphatic rings. The van der Waals surface area contributed by atoms with Gasteiger partial charge in [0.2, 0.25) is 0 Å². The van der Waals surface area contributed by atoms with Gasteiger partial charge >= 0.3 is 0 Å². The molecule has 0 amide bonds. The highest BCUT2D eigenvalue weighted by Crippen LogP contribution is 2.04. The topological polar surface area (TPSA) is 56.4 Å². The van der Waals surface area contributed by atoms with Crippen LogP contribution in [0.25, 0.3) is 0 Å². The fourth-order valence-corrected chi connectivity index (χ4v) is 1.44. The molecule has 0 spiro atoms. The van der Waals surface area contributed by atoms with Crippen molar-refractivity contribution in [3.63, 3.8) is 0 Å². The molecule has 3 N–H and O–H groups in total. The molecule has 0 aliphatic carbocycles. The first-order valence-corrected chi connectivity index (χ1v) is 5.57. The monoisotopic (exact) mass is 214 g/mol. The minimum Gasteiger partial charge on any atom is -0.386 e. The zero-order valence-electron chi connectivity index (χ0n) is 10.7. The summed E-state index contributed by atoms with van der Waals surface area (Å²) in [5.41, 5.74) is 5.55. The van der Waals surface area contributed by atoms with Crippen LogP contribution in [0.2, 0.25) is 0 Å². The van der Waals surface area contributed by atoms with E-state index in [2.05, 4.69) is 37.7 Å². The molecule has 90 valence electrons. The Balaban J connectivity index is 4.23. The Kier molecular flexibility index (Phi) is 6.52. The molecule has 15 heavy (non-hydrogen) atoms. The molecule has 4 nitrogen and oxygen atoms in total. The lowest BCUT2D eigenvalue weighted by molar-refractivity contribution is 0.202. The number of hydrogen-bond acceptors (Lipinski definition) is 3. The van der Waals surface area contributed by atoms with E-state index in [1.54, 1.807) is 0 Å². The van der Waals surface area contributed by atoms with Crippen molar-refractivity contribution < 1.29 is 0 Å². The van der Waals surface area contributed by atoms with Crippen LogP contribution in [0.3, 0.4) is 0 Å². The average Bonchev–Trinajstić information content (AvgIpc) is 2.10. The number of amidine groups is 1. The first-order valence-electron chi connectivity index (χ1n) is 5.57. The average molecular weight is 214 g/mol. The second kappa shape index (κ2) is 6.80. The lowest BCUT2D eigenvalue weighted by Crippen LogP contribution is -2.46. The van der Waals surface area contributed by atoms with Crippen LogP contribution in [0.5, 0.6) is 0 Å². The van der Waals surface area contributed by atoms with E-state index in [1.165, 1.54) is 0 Å². The molecule has 0 saturated carbocycles. The van der Waals surface area contributed by atoms with Crippen LogP contribution < -0.4 is 5.73 Å². The standard InChI is InChI=1S/C11H26N4/c1-9(2)8-15(7-6-14(4)5)10(3)11(12)13/h9-10H,6-8H2,1-5H3,(H3,12,13). The van der Waals surface area contributed by atoms with Crippen molar-refractivity contribution >= 4 is 5.84 Å². The van der Waals surface area contributed by atoms with Gasteiger partial charge in [0.1, 0.15) is 5.84 Å². The van der Waals surface area contributed by atoms with E-state index >= 15 is 0 Å². The summed E-state index contributed by atoms with van der Waals surface area (Å²) in [6, 6.07) is 0.0485. The Labute approximate surface area is 93.9 Å². The van der Waals surface area contributed by atoms with Crippen molar-refractivity contribution in [1.29, 1.82) is 5.41 Å². The SMILES string of the molecule is CC(C)CN(CCN(C)C)C(C)C(=N)N. The van der Waals surface area contributed by atoms with Crippen molar-refractivity contribution in [2.45, 2.75) is 26.8 Å². The van der Waals surface area contributed by atoms with Gasteiger partial charge in [-0.15, -0.1) is 0 Å². The fourth-order valence-electron chi connectivity index (χ4n) is 1.44. The number of likely N-dealkylation sites (N-methyl/N-ethyl adjacent to an activating group) is 1. The minimum atomic E-state index is 0.0485. The molecule has 0 aromatic carbocycles. The molecule has 0 bridgehead atoms. The maximum absolute atomic E-state index is 7.48. The molecule has 0 fully saturated rings. The summed E-state index contributed by atoms with van der Waals surface area (Å²) in [5.74, 6) is 0.864. The summed E-state index contributed by atoms with van der Waals surface area (Å²) in [6.07, 6.45) is 0. The van der Waals surface area contributed by atoms with Crippen molar-refractivity contribution in [2.24, 2.45) is 11.7 Å². The first-order chi connectivity index (χ1) is 6.84. The Morgan fingerprint density at radius 1 is 1.20 bits per heavy atom. The third-order valence-corrected chi connectivity index (χ3v) is 2.43. The summed E-state index contributed by atoms with van der Waals surface area (Å²) >= 11 is 0. The number of nitrogens with zero attached hydrogens (tertiary/aromatic N) is 2. The molecular formula is C11H26N4. The molecule has 1 atom stereocenters. The Morgan fingerprint density at radius 3 is 2.07 bits per heavy atom. The van der Waals surface area contributed by atoms with Crippen LogP contribution in [0.15, 0.2) is 0 Å².